The van der Waals surface area contributed by atoms with Gasteiger partial charge in [-0.05, 0) is 30.7 Å². The van der Waals surface area contributed by atoms with E-state index >= 15 is 0 Å². The molecule has 0 unspecified atom stereocenters. The van der Waals surface area contributed by atoms with Crippen molar-refractivity contribution in [1.82, 2.24) is 10.1 Å². The molecule has 0 aliphatic rings. The summed E-state index contributed by atoms with van der Waals surface area (Å²) in [5, 5.41) is 6.38. The zero-order valence-electron chi connectivity index (χ0n) is 13.4. The Kier molecular flexibility index (Phi) is 4.89. The number of carbonyl (C=O) groups is 2. The minimum atomic E-state index is -0.935. The van der Waals surface area contributed by atoms with Crippen LogP contribution < -0.4 is 5.32 Å². The average Bonchev–Trinajstić information content (AvgIpc) is 3.28. The first-order valence-corrected chi connectivity index (χ1v) is 7.60. The van der Waals surface area contributed by atoms with Crippen LogP contribution in [-0.4, -0.2) is 28.6 Å². The summed E-state index contributed by atoms with van der Waals surface area (Å²) in [6.45, 7) is 1.76. The minimum Gasteiger partial charge on any atom is -0.461 e. The molecule has 25 heavy (non-hydrogen) atoms. The van der Waals surface area contributed by atoms with Gasteiger partial charge in [-0.3, -0.25) is 4.79 Å². The lowest BCUT2D eigenvalue weighted by molar-refractivity contribution is -0.152. The Hall–Kier alpha value is -3.42. The molecule has 0 bridgehead atoms. The molecule has 1 amide bonds. The molecule has 0 saturated heterocycles. The van der Waals surface area contributed by atoms with Crippen molar-refractivity contribution in [3.8, 4) is 11.6 Å². The first-order valence-electron chi connectivity index (χ1n) is 7.60. The molecule has 1 aromatic carbocycles. The molecule has 0 saturated carbocycles. The van der Waals surface area contributed by atoms with Crippen LogP contribution in [0.15, 0.2) is 51.6 Å². The second kappa shape index (κ2) is 7.43. The van der Waals surface area contributed by atoms with Crippen LogP contribution in [0.1, 0.15) is 18.4 Å². The standard InChI is InChI=1S/C17H15N3O5/c1-2-23-17(22)16(21)18-12-7-4-3-6-11(12)10-14-19-15(20-25-14)13-8-5-9-24-13/h3-9H,2,10H2,1H3,(H,18,21). The first kappa shape index (κ1) is 16.4. The number of anilines is 1. The summed E-state index contributed by atoms with van der Waals surface area (Å²) >= 11 is 0. The molecule has 2 aromatic heterocycles. The lowest BCUT2D eigenvalue weighted by atomic mass is 10.1. The predicted molar refractivity (Wildman–Crippen MR) is 86.5 cm³/mol. The van der Waals surface area contributed by atoms with Gasteiger partial charge in [-0.2, -0.15) is 4.98 Å². The molecule has 0 aliphatic carbocycles. The fourth-order valence-corrected chi connectivity index (χ4v) is 2.16. The SMILES string of the molecule is CCOC(=O)C(=O)Nc1ccccc1Cc1nc(-c2ccco2)no1. The fourth-order valence-electron chi connectivity index (χ4n) is 2.16. The zero-order chi connectivity index (χ0) is 17.6. The first-order chi connectivity index (χ1) is 12.2. The monoisotopic (exact) mass is 341 g/mol. The molecule has 128 valence electrons. The van der Waals surface area contributed by atoms with Gasteiger partial charge in [-0.1, -0.05) is 23.4 Å². The van der Waals surface area contributed by atoms with Gasteiger partial charge in [0.2, 0.25) is 11.7 Å². The van der Waals surface area contributed by atoms with Crippen LogP contribution >= 0.6 is 0 Å². The topological polar surface area (TPSA) is 107 Å². The molecule has 3 rings (SSSR count). The van der Waals surface area contributed by atoms with Gasteiger partial charge in [0, 0.05) is 5.69 Å². The number of hydrogen-bond acceptors (Lipinski definition) is 7. The molecule has 0 fully saturated rings. The number of para-hydroxylation sites is 1. The van der Waals surface area contributed by atoms with E-state index in [1.807, 2.05) is 0 Å². The average molecular weight is 341 g/mol. The number of esters is 1. The molecule has 0 radical (unpaired) electrons. The largest absolute Gasteiger partial charge is 0.461 e. The molecule has 2 heterocycles. The molecule has 8 heteroatoms. The van der Waals surface area contributed by atoms with Gasteiger partial charge in [-0.15, -0.1) is 0 Å². The van der Waals surface area contributed by atoms with Crippen LogP contribution in [0.25, 0.3) is 11.6 Å². The third-order valence-corrected chi connectivity index (χ3v) is 3.28. The van der Waals surface area contributed by atoms with E-state index < -0.39 is 11.9 Å². The summed E-state index contributed by atoms with van der Waals surface area (Å²) in [5.41, 5.74) is 1.19. The zero-order valence-corrected chi connectivity index (χ0v) is 13.4. The van der Waals surface area contributed by atoms with E-state index in [2.05, 4.69) is 20.2 Å². The Labute approximate surface area is 142 Å². The van der Waals surface area contributed by atoms with Gasteiger partial charge < -0.3 is 19.0 Å². The highest BCUT2D eigenvalue weighted by Gasteiger charge is 2.18. The van der Waals surface area contributed by atoms with Crippen molar-refractivity contribution in [1.29, 1.82) is 0 Å². The van der Waals surface area contributed by atoms with Gasteiger partial charge in [0.15, 0.2) is 5.76 Å². The number of hydrogen-bond donors (Lipinski definition) is 1. The van der Waals surface area contributed by atoms with Crippen LogP contribution in [0.3, 0.4) is 0 Å². The van der Waals surface area contributed by atoms with Crippen molar-refractivity contribution in [2.45, 2.75) is 13.3 Å². The number of rotatable bonds is 5. The minimum absolute atomic E-state index is 0.130. The molecule has 0 aliphatic heterocycles. The summed E-state index contributed by atoms with van der Waals surface area (Å²) in [5.74, 6) is -0.581. The van der Waals surface area contributed by atoms with Gasteiger partial charge in [-0.25, -0.2) is 4.79 Å². The fraction of sp³-hybridized carbons (Fsp3) is 0.176. The summed E-state index contributed by atoms with van der Waals surface area (Å²) in [6, 6.07) is 10.5. The van der Waals surface area contributed by atoms with Crippen LogP contribution in [0.2, 0.25) is 0 Å². The van der Waals surface area contributed by atoms with Gasteiger partial charge in [0.25, 0.3) is 0 Å². The number of nitrogens with zero attached hydrogens (tertiary/aromatic N) is 2. The maximum atomic E-state index is 11.8. The Morgan fingerprint density at radius 1 is 1.20 bits per heavy atom. The maximum Gasteiger partial charge on any atom is 0.397 e. The molecule has 8 nitrogen and oxygen atoms in total. The Bertz CT molecular complexity index is 870. The number of benzene rings is 1. The summed E-state index contributed by atoms with van der Waals surface area (Å²) in [6.07, 6.45) is 1.80. The van der Waals surface area contributed by atoms with Gasteiger partial charge in [0.1, 0.15) is 0 Å². The van der Waals surface area contributed by atoms with Crippen molar-refractivity contribution < 1.29 is 23.3 Å². The second-order valence-electron chi connectivity index (χ2n) is 5.00. The molecule has 3 aromatic rings. The van der Waals surface area contributed by atoms with Crippen molar-refractivity contribution >= 4 is 17.6 Å². The number of aromatic nitrogens is 2. The van der Waals surface area contributed by atoms with Crippen molar-refractivity contribution in [3.63, 3.8) is 0 Å². The van der Waals surface area contributed by atoms with E-state index in [4.69, 9.17) is 8.94 Å². The lowest BCUT2D eigenvalue weighted by Crippen LogP contribution is -2.25. The Morgan fingerprint density at radius 2 is 2.04 bits per heavy atom. The molecular formula is C17H15N3O5. The van der Waals surface area contributed by atoms with Crippen LogP contribution in [0.5, 0.6) is 0 Å². The highest BCUT2D eigenvalue weighted by Crippen LogP contribution is 2.21. The number of furan rings is 1. The lowest BCUT2D eigenvalue weighted by Gasteiger charge is -2.09. The van der Waals surface area contributed by atoms with E-state index in [0.717, 1.165) is 5.56 Å². The Balaban J connectivity index is 1.75. The predicted octanol–water partition coefficient (Wildman–Crippen LogP) is 2.42. The third kappa shape index (κ3) is 3.92. The van der Waals surface area contributed by atoms with Gasteiger partial charge in [0.05, 0.1) is 19.3 Å². The molecule has 0 spiro atoms. The van der Waals surface area contributed by atoms with E-state index in [1.165, 1.54) is 6.26 Å². The van der Waals surface area contributed by atoms with Crippen LogP contribution in [0, 0.1) is 0 Å². The van der Waals surface area contributed by atoms with E-state index in [9.17, 15) is 9.59 Å². The highest BCUT2D eigenvalue weighted by molar-refractivity contribution is 6.37. The van der Waals surface area contributed by atoms with Crippen molar-refractivity contribution in [3.05, 3.63) is 54.1 Å². The number of nitrogens with one attached hydrogen (secondary N) is 1. The maximum absolute atomic E-state index is 11.8. The second-order valence-corrected chi connectivity index (χ2v) is 5.00. The summed E-state index contributed by atoms with van der Waals surface area (Å²) in [7, 11) is 0. The van der Waals surface area contributed by atoms with Crippen molar-refractivity contribution in [2.24, 2.45) is 0 Å². The van der Waals surface area contributed by atoms with E-state index in [0.29, 0.717) is 23.2 Å². The van der Waals surface area contributed by atoms with E-state index in [-0.39, 0.29) is 13.0 Å². The van der Waals surface area contributed by atoms with Crippen LogP contribution in [-0.2, 0) is 20.7 Å². The van der Waals surface area contributed by atoms with E-state index in [1.54, 1.807) is 43.3 Å². The van der Waals surface area contributed by atoms with Crippen LogP contribution in [0.4, 0.5) is 5.69 Å². The normalized spacial score (nSPS) is 10.4. The van der Waals surface area contributed by atoms with Crippen molar-refractivity contribution in [2.75, 3.05) is 11.9 Å². The molecule has 0 atom stereocenters. The molecule has 1 N–H and O–H groups in total. The summed E-state index contributed by atoms with van der Waals surface area (Å²) in [4.78, 5) is 27.5. The molecular weight excluding hydrogens is 326 g/mol. The third-order valence-electron chi connectivity index (χ3n) is 3.28. The summed E-state index contributed by atoms with van der Waals surface area (Å²) < 4.78 is 15.1. The quantitative estimate of drug-likeness (QED) is 0.561. The highest BCUT2D eigenvalue weighted by atomic mass is 16.5. The number of amides is 1. The van der Waals surface area contributed by atoms with Gasteiger partial charge >= 0.3 is 11.9 Å². The number of carbonyl (C=O) groups excluding carboxylic acids is 2. The number of ether oxygens (including phenoxy) is 1. The smallest absolute Gasteiger partial charge is 0.397 e. The Morgan fingerprint density at radius 3 is 2.80 bits per heavy atom.